The third-order valence-corrected chi connectivity index (χ3v) is 4.68. The van der Waals surface area contributed by atoms with Crippen LogP contribution in [0.4, 0.5) is 0 Å². The lowest BCUT2D eigenvalue weighted by Gasteiger charge is -2.16. The van der Waals surface area contributed by atoms with Crippen LogP contribution in [0, 0.1) is 10.1 Å². The van der Waals surface area contributed by atoms with E-state index in [1.807, 2.05) is 6.92 Å². The number of nitrogens with one attached hydrogen (secondary N) is 1. The molecule has 0 bridgehead atoms. The van der Waals surface area contributed by atoms with E-state index in [0.717, 1.165) is 10.8 Å². The van der Waals surface area contributed by atoms with E-state index >= 15 is 0 Å². The summed E-state index contributed by atoms with van der Waals surface area (Å²) in [5.41, 5.74) is 0.434. The molecule has 0 aliphatic carbocycles. The van der Waals surface area contributed by atoms with Crippen LogP contribution in [0.2, 0.25) is 0 Å². The van der Waals surface area contributed by atoms with Crippen LogP contribution in [-0.4, -0.2) is 54.4 Å². The predicted octanol–water partition coefficient (Wildman–Crippen LogP) is -2.48. The van der Waals surface area contributed by atoms with Crippen molar-refractivity contribution in [2.45, 2.75) is 36.4 Å². The molecule has 1 N–H and O–H groups in total. The number of hydrogen-bond donors (Lipinski definition) is 0. The van der Waals surface area contributed by atoms with E-state index in [9.17, 15) is 14.9 Å². The first-order valence-corrected chi connectivity index (χ1v) is 8.47. The minimum Gasteiger partial charge on any atom is -1.00 e. The Bertz CT molecular complexity index is 635. The lowest BCUT2D eigenvalue weighted by atomic mass is 10.1. The van der Waals surface area contributed by atoms with E-state index in [4.69, 9.17) is 14.2 Å². The number of rotatable bonds is 6. The third kappa shape index (κ3) is 4.32. The molecular formula is C14H17ClN2O7S. The molecule has 3 rings (SSSR count). The van der Waals surface area contributed by atoms with E-state index in [1.54, 1.807) is 18.3 Å². The highest BCUT2D eigenvalue weighted by Gasteiger charge is 2.51. The van der Waals surface area contributed by atoms with Gasteiger partial charge in [-0.25, -0.2) is 9.78 Å². The summed E-state index contributed by atoms with van der Waals surface area (Å²) in [5.74, 6) is 0.320. The Labute approximate surface area is 153 Å². The summed E-state index contributed by atoms with van der Waals surface area (Å²) in [6.07, 6.45) is -0.857. The van der Waals surface area contributed by atoms with E-state index in [0.29, 0.717) is 5.56 Å². The molecule has 0 spiro atoms. The molecule has 9 nitrogen and oxygen atoms in total. The van der Waals surface area contributed by atoms with Crippen LogP contribution >= 0.6 is 11.8 Å². The number of thioether (sulfide) groups is 1. The maximum Gasteiger partial charge on any atom is 0.346 e. The first-order chi connectivity index (χ1) is 11.6. The quantitative estimate of drug-likeness (QED) is 0.226. The number of aromatic nitrogens is 1. The van der Waals surface area contributed by atoms with Crippen molar-refractivity contribution >= 4 is 17.7 Å². The second-order valence-electron chi connectivity index (χ2n) is 5.25. The summed E-state index contributed by atoms with van der Waals surface area (Å²) in [6, 6.07) is 3.40. The Morgan fingerprint density at radius 3 is 2.76 bits per heavy atom. The molecule has 4 atom stereocenters. The SMILES string of the molecule is CCSc1[nH+]cccc1C(=O)O[C@H]1COC2C1OC[C@H]2O[N+](=O)[O-].[Cl-]. The highest BCUT2D eigenvalue weighted by atomic mass is 35.5. The number of halogens is 1. The Kier molecular flexibility index (Phi) is 6.82. The van der Waals surface area contributed by atoms with Crippen molar-refractivity contribution in [3.8, 4) is 0 Å². The van der Waals surface area contributed by atoms with Gasteiger partial charge in [-0.3, -0.25) is 0 Å². The fourth-order valence-electron chi connectivity index (χ4n) is 2.78. The molecule has 1 aromatic rings. The van der Waals surface area contributed by atoms with E-state index in [2.05, 4.69) is 9.82 Å². The van der Waals surface area contributed by atoms with Crippen LogP contribution in [-0.2, 0) is 19.0 Å². The number of aromatic amines is 1. The van der Waals surface area contributed by atoms with Crippen molar-refractivity contribution in [3.63, 3.8) is 0 Å². The fraction of sp³-hybridized carbons (Fsp3) is 0.571. The second kappa shape index (κ2) is 8.65. The highest BCUT2D eigenvalue weighted by molar-refractivity contribution is 7.99. The molecule has 2 saturated heterocycles. The zero-order valence-corrected chi connectivity index (χ0v) is 14.8. The average molecular weight is 393 g/mol. The molecule has 2 fully saturated rings. The molecular weight excluding hydrogens is 376 g/mol. The summed E-state index contributed by atoms with van der Waals surface area (Å²) < 4.78 is 16.4. The van der Waals surface area contributed by atoms with Crippen molar-refractivity contribution < 1.29 is 46.3 Å². The number of H-pyrrole nitrogens is 1. The molecule has 11 heteroatoms. The zero-order valence-electron chi connectivity index (χ0n) is 13.3. The van der Waals surface area contributed by atoms with Gasteiger partial charge in [-0.1, -0.05) is 18.7 Å². The van der Waals surface area contributed by atoms with Crippen LogP contribution in [0.15, 0.2) is 23.4 Å². The topological polar surface area (TPSA) is 111 Å². The van der Waals surface area contributed by atoms with Gasteiger partial charge in [0.25, 0.3) is 10.1 Å². The molecule has 2 aliphatic heterocycles. The van der Waals surface area contributed by atoms with Crippen molar-refractivity contribution in [3.05, 3.63) is 34.0 Å². The number of carbonyl (C=O) groups excluding carboxylic acids is 1. The van der Waals surface area contributed by atoms with Gasteiger partial charge >= 0.3 is 5.97 Å². The van der Waals surface area contributed by atoms with E-state index < -0.39 is 35.5 Å². The van der Waals surface area contributed by atoms with Crippen LogP contribution in [0.3, 0.4) is 0 Å². The molecule has 0 aromatic carbocycles. The molecule has 0 saturated carbocycles. The summed E-state index contributed by atoms with van der Waals surface area (Å²) in [7, 11) is 0. The van der Waals surface area contributed by atoms with Gasteiger partial charge in [0.15, 0.2) is 18.4 Å². The van der Waals surface area contributed by atoms with Crippen LogP contribution in [0.5, 0.6) is 0 Å². The van der Waals surface area contributed by atoms with E-state index in [1.165, 1.54) is 11.8 Å². The largest absolute Gasteiger partial charge is 1.00 e. The third-order valence-electron chi connectivity index (χ3n) is 3.77. The Hall–Kier alpha value is -1.62. The lowest BCUT2D eigenvalue weighted by molar-refractivity contribution is -0.769. The van der Waals surface area contributed by atoms with Gasteiger partial charge in [-0.2, -0.15) is 0 Å². The van der Waals surface area contributed by atoms with Crippen LogP contribution in [0.1, 0.15) is 17.3 Å². The van der Waals surface area contributed by atoms with Crippen molar-refractivity contribution in [2.75, 3.05) is 19.0 Å². The normalized spacial score (nSPS) is 27.2. The first-order valence-electron chi connectivity index (χ1n) is 7.49. The number of fused-ring (bicyclic) bond motifs is 1. The van der Waals surface area contributed by atoms with Gasteiger partial charge in [0.1, 0.15) is 17.8 Å². The molecule has 0 radical (unpaired) electrons. The molecule has 2 aliphatic rings. The first kappa shape index (κ1) is 19.7. The van der Waals surface area contributed by atoms with Gasteiger partial charge in [0.05, 0.1) is 13.2 Å². The molecule has 25 heavy (non-hydrogen) atoms. The van der Waals surface area contributed by atoms with Gasteiger partial charge in [-0.15, -0.1) is 10.1 Å². The summed E-state index contributed by atoms with van der Waals surface area (Å²) in [6.45, 7) is 2.13. The van der Waals surface area contributed by atoms with Crippen LogP contribution < -0.4 is 17.4 Å². The summed E-state index contributed by atoms with van der Waals surface area (Å²) >= 11 is 1.50. The zero-order chi connectivity index (χ0) is 17.1. The Morgan fingerprint density at radius 1 is 1.40 bits per heavy atom. The number of esters is 1. The van der Waals surface area contributed by atoms with Gasteiger partial charge in [0, 0.05) is 11.8 Å². The smallest absolute Gasteiger partial charge is 0.346 e. The van der Waals surface area contributed by atoms with Gasteiger partial charge in [-0.05, 0) is 6.07 Å². The lowest BCUT2D eigenvalue weighted by Crippen LogP contribution is -3.00. The molecule has 1 aromatic heterocycles. The molecule has 2 unspecified atom stereocenters. The fourth-order valence-corrected chi connectivity index (χ4v) is 3.53. The van der Waals surface area contributed by atoms with Gasteiger partial charge < -0.3 is 31.5 Å². The minimum atomic E-state index is -0.868. The number of carbonyl (C=O) groups is 1. The molecule has 0 amide bonds. The maximum atomic E-state index is 12.4. The van der Waals surface area contributed by atoms with Crippen molar-refractivity contribution in [2.24, 2.45) is 0 Å². The van der Waals surface area contributed by atoms with Crippen molar-refractivity contribution in [1.82, 2.24) is 0 Å². The second-order valence-corrected chi connectivity index (χ2v) is 6.53. The van der Waals surface area contributed by atoms with Gasteiger partial charge in [0.2, 0.25) is 0 Å². The average Bonchev–Trinajstić information content (AvgIpc) is 3.12. The standard InChI is InChI=1S/C14H16N2O7S.ClH/c1-2-24-13-8(4-3-5-15-13)14(17)22-9-6-20-12-10(23-16(18)19)7-21-11(9)12;/h3-5,9-12H,2,6-7H2,1H3;1H/t9-,10+,11?,12?;/m0./s1. The molecule has 3 heterocycles. The summed E-state index contributed by atoms with van der Waals surface area (Å²) in [4.78, 5) is 30.5. The molecule has 138 valence electrons. The Balaban J connectivity index is 0.00000225. The number of pyridine rings is 1. The number of ether oxygens (including phenoxy) is 3. The monoisotopic (exact) mass is 392 g/mol. The number of nitrogens with zero attached hydrogens (tertiary/aromatic N) is 1. The van der Waals surface area contributed by atoms with Crippen LogP contribution in [0.25, 0.3) is 0 Å². The maximum absolute atomic E-state index is 12.4. The predicted molar refractivity (Wildman–Crippen MR) is 79.9 cm³/mol. The summed E-state index contributed by atoms with van der Waals surface area (Å²) in [5, 5.41) is 10.3. The van der Waals surface area contributed by atoms with E-state index in [-0.39, 0.29) is 25.6 Å². The Morgan fingerprint density at radius 2 is 2.08 bits per heavy atom. The number of hydrogen-bond acceptors (Lipinski definition) is 8. The minimum absolute atomic E-state index is 0. The van der Waals surface area contributed by atoms with Crippen molar-refractivity contribution in [1.29, 1.82) is 0 Å². The highest BCUT2D eigenvalue weighted by Crippen LogP contribution is 2.31.